The Labute approximate surface area is 125 Å². The van der Waals surface area contributed by atoms with Crippen LogP contribution in [0.15, 0.2) is 29.0 Å². The molecule has 0 aliphatic heterocycles. The van der Waals surface area contributed by atoms with Gasteiger partial charge in [0.15, 0.2) is 0 Å². The Bertz CT molecular complexity index is 558. The zero-order chi connectivity index (χ0) is 13.7. The molecule has 0 atom stereocenters. The van der Waals surface area contributed by atoms with Crippen LogP contribution in [0.5, 0.6) is 0 Å². The fraction of sp³-hybridized carbons (Fsp3) is 0.231. The summed E-state index contributed by atoms with van der Waals surface area (Å²) in [5.74, 6) is -0.253. The van der Waals surface area contributed by atoms with Crippen LogP contribution in [0, 0.1) is 0 Å². The molecule has 0 saturated carbocycles. The molecule has 2 rings (SSSR count). The number of rotatable bonds is 5. The summed E-state index contributed by atoms with van der Waals surface area (Å²) in [6, 6.07) is 5.31. The summed E-state index contributed by atoms with van der Waals surface area (Å²) < 4.78 is 5.14. The van der Waals surface area contributed by atoms with Crippen molar-refractivity contribution < 1.29 is 9.53 Å². The summed E-state index contributed by atoms with van der Waals surface area (Å²) >= 11 is 13.2. The molecular weight excluding hydrogens is 305 g/mol. The summed E-state index contributed by atoms with van der Waals surface area (Å²) in [5.41, 5.74) is 1.79. The topological polar surface area (TPSA) is 39.2 Å². The molecule has 2 heterocycles. The van der Waals surface area contributed by atoms with Gasteiger partial charge < -0.3 is 4.74 Å². The van der Waals surface area contributed by atoms with Gasteiger partial charge in [-0.2, -0.15) is 11.3 Å². The Morgan fingerprint density at radius 3 is 2.84 bits per heavy atom. The third kappa shape index (κ3) is 4.49. The van der Waals surface area contributed by atoms with Crippen molar-refractivity contribution >= 4 is 40.5 Å². The molecule has 0 unspecified atom stereocenters. The number of esters is 1. The SMILES string of the molecule is O=C(CCc1ccsc1)OCc1ccc(Cl)nc1Cl. The first-order valence-corrected chi connectivity index (χ1v) is 7.32. The minimum absolute atomic E-state index is 0.117. The highest BCUT2D eigenvalue weighted by molar-refractivity contribution is 7.07. The number of pyridine rings is 1. The molecule has 6 heteroatoms. The van der Waals surface area contributed by atoms with Crippen molar-refractivity contribution in [3.63, 3.8) is 0 Å². The molecular formula is C13H11Cl2NO2S. The number of aromatic nitrogens is 1. The Kier molecular flexibility index (Phi) is 5.19. The van der Waals surface area contributed by atoms with E-state index in [0.29, 0.717) is 23.6 Å². The summed E-state index contributed by atoms with van der Waals surface area (Å²) in [7, 11) is 0. The normalized spacial score (nSPS) is 10.4. The molecule has 0 aliphatic carbocycles. The fourth-order valence-electron chi connectivity index (χ4n) is 1.46. The Morgan fingerprint density at radius 1 is 1.32 bits per heavy atom. The molecule has 0 bridgehead atoms. The third-order valence-corrected chi connectivity index (χ3v) is 3.75. The van der Waals surface area contributed by atoms with E-state index in [1.54, 1.807) is 23.5 Å². The third-order valence-electron chi connectivity index (χ3n) is 2.48. The van der Waals surface area contributed by atoms with Gasteiger partial charge in [0.05, 0.1) is 0 Å². The van der Waals surface area contributed by atoms with E-state index in [4.69, 9.17) is 27.9 Å². The Hall–Kier alpha value is -1.10. The van der Waals surface area contributed by atoms with E-state index in [-0.39, 0.29) is 17.7 Å². The lowest BCUT2D eigenvalue weighted by Gasteiger charge is -2.06. The van der Waals surface area contributed by atoms with Gasteiger partial charge in [0.2, 0.25) is 0 Å². The van der Waals surface area contributed by atoms with Crippen molar-refractivity contribution in [3.8, 4) is 0 Å². The van der Waals surface area contributed by atoms with Crippen LogP contribution in [0.25, 0.3) is 0 Å². The standard InChI is InChI=1S/C13H11Cl2NO2S/c14-11-3-2-10(13(15)16-11)7-18-12(17)4-1-9-5-6-19-8-9/h2-3,5-6,8H,1,4,7H2. The Morgan fingerprint density at radius 2 is 2.16 bits per heavy atom. The molecule has 0 aliphatic rings. The van der Waals surface area contributed by atoms with Crippen molar-refractivity contribution in [2.24, 2.45) is 0 Å². The summed E-state index contributed by atoms with van der Waals surface area (Å²) in [6.45, 7) is 0.117. The summed E-state index contributed by atoms with van der Waals surface area (Å²) in [4.78, 5) is 15.5. The maximum Gasteiger partial charge on any atom is 0.306 e. The van der Waals surface area contributed by atoms with Crippen LogP contribution in [-0.4, -0.2) is 11.0 Å². The van der Waals surface area contributed by atoms with E-state index in [1.165, 1.54) is 0 Å². The van der Waals surface area contributed by atoms with E-state index < -0.39 is 0 Å². The highest BCUT2D eigenvalue weighted by Crippen LogP contribution is 2.17. The number of ether oxygens (including phenoxy) is 1. The minimum atomic E-state index is -0.253. The number of carbonyl (C=O) groups excluding carboxylic acids is 1. The number of nitrogens with zero attached hydrogens (tertiary/aromatic N) is 1. The maximum atomic E-state index is 11.6. The van der Waals surface area contributed by atoms with Crippen molar-refractivity contribution in [2.75, 3.05) is 0 Å². The van der Waals surface area contributed by atoms with E-state index in [9.17, 15) is 4.79 Å². The van der Waals surface area contributed by atoms with Gasteiger partial charge >= 0.3 is 5.97 Å². The molecule has 0 spiro atoms. The predicted octanol–water partition coefficient (Wildman–Crippen LogP) is 4.13. The summed E-state index contributed by atoms with van der Waals surface area (Å²) in [5, 5.41) is 4.59. The molecule has 0 amide bonds. The van der Waals surface area contributed by atoms with Gasteiger partial charge in [-0.1, -0.05) is 23.2 Å². The number of thiophene rings is 1. The smallest absolute Gasteiger partial charge is 0.306 e. The van der Waals surface area contributed by atoms with Gasteiger partial charge in [0.1, 0.15) is 16.9 Å². The molecule has 3 nitrogen and oxygen atoms in total. The van der Waals surface area contributed by atoms with Crippen LogP contribution in [-0.2, 0) is 22.6 Å². The van der Waals surface area contributed by atoms with Crippen LogP contribution in [0.1, 0.15) is 17.5 Å². The van der Waals surface area contributed by atoms with Crippen LogP contribution < -0.4 is 0 Å². The molecule has 0 aromatic carbocycles. The first-order chi connectivity index (χ1) is 9.15. The summed E-state index contributed by atoms with van der Waals surface area (Å²) in [6.07, 6.45) is 1.05. The lowest BCUT2D eigenvalue weighted by molar-refractivity contribution is -0.144. The molecule has 100 valence electrons. The van der Waals surface area contributed by atoms with E-state index in [0.717, 1.165) is 5.56 Å². The average molecular weight is 316 g/mol. The minimum Gasteiger partial charge on any atom is -0.461 e. The van der Waals surface area contributed by atoms with Gasteiger partial charge in [-0.05, 0) is 40.9 Å². The van der Waals surface area contributed by atoms with Crippen molar-refractivity contribution in [1.82, 2.24) is 4.98 Å². The number of halogens is 2. The highest BCUT2D eigenvalue weighted by Gasteiger charge is 2.08. The van der Waals surface area contributed by atoms with Gasteiger partial charge in [0, 0.05) is 12.0 Å². The predicted molar refractivity (Wildman–Crippen MR) is 76.7 cm³/mol. The number of hydrogen-bond acceptors (Lipinski definition) is 4. The quantitative estimate of drug-likeness (QED) is 0.615. The van der Waals surface area contributed by atoms with Crippen LogP contribution in [0.3, 0.4) is 0 Å². The second-order valence-corrected chi connectivity index (χ2v) is 5.40. The Balaban J connectivity index is 1.80. The number of carbonyl (C=O) groups is 1. The number of aryl methyl sites for hydroxylation is 1. The lowest BCUT2D eigenvalue weighted by Crippen LogP contribution is -2.06. The van der Waals surface area contributed by atoms with E-state index >= 15 is 0 Å². The molecule has 2 aromatic heterocycles. The maximum absolute atomic E-state index is 11.6. The fourth-order valence-corrected chi connectivity index (χ4v) is 2.56. The van der Waals surface area contributed by atoms with Crippen molar-refractivity contribution in [3.05, 3.63) is 50.4 Å². The van der Waals surface area contributed by atoms with Gasteiger partial charge in [-0.25, -0.2) is 4.98 Å². The van der Waals surface area contributed by atoms with Crippen LogP contribution in [0.4, 0.5) is 0 Å². The van der Waals surface area contributed by atoms with Gasteiger partial charge in [0.25, 0.3) is 0 Å². The van der Waals surface area contributed by atoms with E-state index in [1.807, 2.05) is 16.8 Å². The monoisotopic (exact) mass is 315 g/mol. The van der Waals surface area contributed by atoms with Crippen molar-refractivity contribution in [1.29, 1.82) is 0 Å². The van der Waals surface area contributed by atoms with Crippen molar-refractivity contribution in [2.45, 2.75) is 19.4 Å². The van der Waals surface area contributed by atoms with Crippen LogP contribution >= 0.6 is 34.5 Å². The molecule has 0 N–H and O–H groups in total. The molecule has 2 aromatic rings. The second kappa shape index (κ2) is 6.89. The zero-order valence-electron chi connectivity index (χ0n) is 9.94. The first-order valence-electron chi connectivity index (χ1n) is 5.63. The largest absolute Gasteiger partial charge is 0.461 e. The molecule has 0 fully saturated rings. The second-order valence-electron chi connectivity index (χ2n) is 3.88. The number of hydrogen-bond donors (Lipinski definition) is 0. The van der Waals surface area contributed by atoms with Gasteiger partial charge in [-0.15, -0.1) is 0 Å². The average Bonchev–Trinajstić information content (AvgIpc) is 2.88. The molecule has 0 radical (unpaired) electrons. The van der Waals surface area contributed by atoms with Gasteiger partial charge in [-0.3, -0.25) is 4.79 Å². The molecule has 0 saturated heterocycles. The zero-order valence-corrected chi connectivity index (χ0v) is 12.3. The van der Waals surface area contributed by atoms with E-state index in [2.05, 4.69) is 4.98 Å². The molecule has 19 heavy (non-hydrogen) atoms. The lowest BCUT2D eigenvalue weighted by atomic mass is 10.2. The first kappa shape index (κ1) is 14.3. The highest BCUT2D eigenvalue weighted by atomic mass is 35.5. The van der Waals surface area contributed by atoms with Crippen LogP contribution in [0.2, 0.25) is 10.3 Å².